The molecule has 5 N–H and O–H groups in total. The molecule has 104 valence electrons. The van der Waals surface area contributed by atoms with Crippen molar-refractivity contribution in [2.75, 3.05) is 6.54 Å². The molecule has 0 saturated carbocycles. The maximum atomic E-state index is 7.92. The summed E-state index contributed by atoms with van der Waals surface area (Å²) in [6.45, 7) is 3.51. The molecule has 0 bridgehead atoms. The van der Waals surface area contributed by atoms with Crippen molar-refractivity contribution in [2.24, 2.45) is 16.5 Å². The van der Waals surface area contributed by atoms with Gasteiger partial charge >= 0.3 is 0 Å². The monoisotopic (exact) mass is 325 g/mol. The lowest BCUT2D eigenvalue weighted by atomic mass is 10.2. The molecule has 0 fully saturated rings. The number of nitrogens with zero attached hydrogens (tertiary/aromatic N) is 2. The fourth-order valence-electron chi connectivity index (χ4n) is 1.61. The highest BCUT2D eigenvalue weighted by molar-refractivity contribution is 9.10. The number of hydrogen-bond donors (Lipinski definition) is 3. The number of nitrogens with one attached hydrogen (secondary N) is 1. The third kappa shape index (κ3) is 5.74. The smallest absolute Gasteiger partial charge is 0.221 e. The fraction of sp³-hybridized carbons (Fsp3) is 0.385. The number of benzene rings is 1. The largest absolute Gasteiger partial charge is 0.370 e. The molecule has 0 saturated heterocycles. The lowest BCUT2D eigenvalue weighted by Gasteiger charge is -2.22. The second-order valence-corrected chi connectivity index (χ2v) is 5.18. The van der Waals surface area contributed by atoms with Gasteiger partial charge in [-0.3, -0.25) is 5.41 Å². The van der Waals surface area contributed by atoms with Gasteiger partial charge in [0.2, 0.25) is 5.96 Å². The molecule has 0 unspecified atom stereocenters. The van der Waals surface area contributed by atoms with E-state index in [4.69, 9.17) is 16.9 Å². The van der Waals surface area contributed by atoms with E-state index in [1.807, 2.05) is 29.2 Å². The van der Waals surface area contributed by atoms with Gasteiger partial charge in [-0.25, -0.2) is 0 Å². The van der Waals surface area contributed by atoms with Crippen LogP contribution in [0.2, 0.25) is 0 Å². The van der Waals surface area contributed by atoms with Crippen LogP contribution in [0, 0.1) is 5.41 Å². The molecule has 0 aliphatic carbocycles. The van der Waals surface area contributed by atoms with Crippen molar-refractivity contribution in [2.45, 2.75) is 26.3 Å². The van der Waals surface area contributed by atoms with Crippen molar-refractivity contribution in [1.29, 1.82) is 5.41 Å². The van der Waals surface area contributed by atoms with Gasteiger partial charge in [0.15, 0.2) is 5.96 Å². The average Bonchev–Trinajstić information content (AvgIpc) is 2.35. The summed E-state index contributed by atoms with van der Waals surface area (Å²) in [6.07, 6.45) is 2.06. The Bertz CT molecular complexity index is 437. The van der Waals surface area contributed by atoms with E-state index in [-0.39, 0.29) is 11.9 Å². The number of hydrogen-bond acceptors (Lipinski definition) is 1. The van der Waals surface area contributed by atoms with Crippen molar-refractivity contribution >= 4 is 27.8 Å². The van der Waals surface area contributed by atoms with Crippen molar-refractivity contribution in [3.63, 3.8) is 0 Å². The molecule has 0 aliphatic heterocycles. The molecule has 0 radical (unpaired) electrons. The van der Waals surface area contributed by atoms with E-state index in [0.29, 0.717) is 6.54 Å². The minimum Gasteiger partial charge on any atom is -0.370 e. The Kier molecular flexibility index (Phi) is 6.35. The summed E-state index contributed by atoms with van der Waals surface area (Å²) in [6, 6.07) is 8.01. The van der Waals surface area contributed by atoms with Crippen LogP contribution in [0.1, 0.15) is 25.3 Å². The van der Waals surface area contributed by atoms with E-state index in [2.05, 4.69) is 27.8 Å². The van der Waals surface area contributed by atoms with Crippen molar-refractivity contribution in [3.8, 4) is 0 Å². The Labute approximate surface area is 122 Å². The molecule has 0 heterocycles. The molecule has 19 heavy (non-hydrogen) atoms. The van der Waals surface area contributed by atoms with E-state index in [1.54, 1.807) is 0 Å². The summed E-state index contributed by atoms with van der Waals surface area (Å²) in [5.41, 5.74) is 11.8. The van der Waals surface area contributed by atoms with Crippen molar-refractivity contribution in [3.05, 3.63) is 34.3 Å². The molecule has 0 spiro atoms. The number of guanidine groups is 2. The maximum Gasteiger partial charge on any atom is 0.221 e. The number of unbranched alkanes of at least 4 members (excludes halogenated alkanes) is 1. The standard InChI is InChI=1S/C13H20BrN5/c1-2-3-8-19(13(17)18-12(15)16)9-10-4-6-11(14)7-5-10/h4-7H,2-3,8-9H2,1H3,(H5,15,16,17,18). The SMILES string of the molecule is CCCCN(Cc1ccc(Br)cc1)C(=N)N=C(N)N. The lowest BCUT2D eigenvalue weighted by Crippen LogP contribution is -2.33. The van der Waals surface area contributed by atoms with Gasteiger partial charge in [-0.05, 0) is 24.1 Å². The van der Waals surface area contributed by atoms with Gasteiger partial charge < -0.3 is 16.4 Å². The highest BCUT2D eigenvalue weighted by Gasteiger charge is 2.09. The van der Waals surface area contributed by atoms with Crippen LogP contribution < -0.4 is 11.5 Å². The predicted octanol–water partition coefficient (Wildman–Crippen LogP) is 2.26. The number of aliphatic imine (C=N–C) groups is 1. The van der Waals surface area contributed by atoms with Gasteiger partial charge in [0.1, 0.15) is 0 Å². The first kappa shape index (κ1) is 15.5. The lowest BCUT2D eigenvalue weighted by molar-refractivity contribution is 0.395. The second kappa shape index (κ2) is 7.78. The van der Waals surface area contributed by atoms with Gasteiger partial charge in [0.05, 0.1) is 0 Å². The highest BCUT2D eigenvalue weighted by Crippen LogP contribution is 2.13. The Morgan fingerprint density at radius 1 is 1.32 bits per heavy atom. The molecule has 0 aromatic heterocycles. The Morgan fingerprint density at radius 3 is 2.47 bits per heavy atom. The topological polar surface area (TPSA) is 91.5 Å². The van der Waals surface area contributed by atoms with Crippen LogP contribution >= 0.6 is 15.9 Å². The van der Waals surface area contributed by atoms with E-state index >= 15 is 0 Å². The van der Waals surface area contributed by atoms with Crippen LogP contribution in [-0.2, 0) is 6.54 Å². The quantitative estimate of drug-likeness (QED) is 0.572. The van der Waals surface area contributed by atoms with Crippen molar-refractivity contribution < 1.29 is 0 Å². The molecule has 1 aromatic carbocycles. The van der Waals surface area contributed by atoms with Crippen LogP contribution in [0.15, 0.2) is 33.7 Å². The molecule has 0 atom stereocenters. The molecule has 1 rings (SSSR count). The maximum absolute atomic E-state index is 7.92. The molecule has 0 aliphatic rings. The number of halogens is 1. The zero-order chi connectivity index (χ0) is 14.3. The molecule has 0 amide bonds. The van der Waals surface area contributed by atoms with Gasteiger partial charge in [-0.1, -0.05) is 41.4 Å². The van der Waals surface area contributed by atoms with Gasteiger partial charge in [-0.15, -0.1) is 0 Å². The van der Waals surface area contributed by atoms with Crippen LogP contribution in [-0.4, -0.2) is 23.4 Å². The van der Waals surface area contributed by atoms with Crippen LogP contribution in [0.4, 0.5) is 0 Å². The summed E-state index contributed by atoms with van der Waals surface area (Å²) in [5, 5.41) is 7.92. The second-order valence-electron chi connectivity index (χ2n) is 4.26. The zero-order valence-corrected chi connectivity index (χ0v) is 12.7. The number of nitrogens with two attached hydrogens (primary N) is 2. The van der Waals surface area contributed by atoms with E-state index < -0.39 is 0 Å². The Balaban J connectivity index is 2.76. The molecule has 1 aromatic rings. The summed E-state index contributed by atoms with van der Waals surface area (Å²) in [4.78, 5) is 5.68. The summed E-state index contributed by atoms with van der Waals surface area (Å²) in [7, 11) is 0. The van der Waals surface area contributed by atoms with Gasteiger partial charge in [0.25, 0.3) is 0 Å². The first-order chi connectivity index (χ1) is 9.02. The van der Waals surface area contributed by atoms with E-state index in [0.717, 1.165) is 29.4 Å². The minimum absolute atomic E-state index is 0.0812. The molecular weight excluding hydrogens is 306 g/mol. The van der Waals surface area contributed by atoms with Crippen LogP contribution in [0.3, 0.4) is 0 Å². The average molecular weight is 326 g/mol. The normalized spacial score (nSPS) is 10.0. The van der Waals surface area contributed by atoms with E-state index in [1.165, 1.54) is 0 Å². The highest BCUT2D eigenvalue weighted by atomic mass is 79.9. The third-order valence-electron chi connectivity index (χ3n) is 2.60. The first-order valence-electron chi connectivity index (χ1n) is 6.20. The summed E-state index contributed by atoms with van der Waals surface area (Å²) < 4.78 is 1.04. The Hall–Kier alpha value is -1.56. The third-order valence-corrected chi connectivity index (χ3v) is 3.13. The predicted molar refractivity (Wildman–Crippen MR) is 83.0 cm³/mol. The van der Waals surface area contributed by atoms with Gasteiger partial charge in [0, 0.05) is 17.6 Å². The molecule has 6 heteroatoms. The van der Waals surface area contributed by atoms with Crippen LogP contribution in [0.5, 0.6) is 0 Å². The molecule has 5 nitrogen and oxygen atoms in total. The summed E-state index contributed by atoms with van der Waals surface area (Å²) >= 11 is 3.40. The summed E-state index contributed by atoms with van der Waals surface area (Å²) in [5.74, 6) is 0.0265. The number of rotatable bonds is 5. The van der Waals surface area contributed by atoms with Crippen LogP contribution in [0.25, 0.3) is 0 Å². The molecular formula is C13H20BrN5. The minimum atomic E-state index is -0.0812. The van der Waals surface area contributed by atoms with Crippen molar-refractivity contribution in [1.82, 2.24) is 4.90 Å². The first-order valence-corrected chi connectivity index (χ1v) is 6.99. The van der Waals surface area contributed by atoms with Gasteiger partial charge in [-0.2, -0.15) is 4.99 Å². The van der Waals surface area contributed by atoms with E-state index in [9.17, 15) is 0 Å². The fourth-order valence-corrected chi connectivity index (χ4v) is 1.88. The Morgan fingerprint density at radius 2 is 1.95 bits per heavy atom. The zero-order valence-electron chi connectivity index (χ0n) is 11.1.